The molecule has 0 amide bonds. The van der Waals surface area contributed by atoms with Gasteiger partial charge in [0.25, 0.3) is 0 Å². The molecule has 0 bridgehead atoms. The van der Waals surface area contributed by atoms with Crippen LogP contribution >= 0.6 is 0 Å². The lowest BCUT2D eigenvalue weighted by Crippen LogP contribution is -2.29. The van der Waals surface area contributed by atoms with Gasteiger partial charge in [0.05, 0.1) is 17.6 Å². The van der Waals surface area contributed by atoms with Crippen molar-refractivity contribution in [1.29, 1.82) is 0 Å². The number of rotatable bonds is 7. The number of ether oxygens (including phenoxy) is 1. The largest absolute Gasteiger partial charge is 0.465 e. The summed E-state index contributed by atoms with van der Waals surface area (Å²) in [6.45, 7) is 2.14. The molecular formula is C16H19N3O4S. The summed E-state index contributed by atoms with van der Waals surface area (Å²) in [5.41, 5.74) is 0.585. The van der Waals surface area contributed by atoms with Gasteiger partial charge in [-0.3, -0.25) is 0 Å². The Hall–Kier alpha value is -2.45. The van der Waals surface area contributed by atoms with Crippen LogP contribution in [0.1, 0.15) is 15.9 Å². The second kappa shape index (κ2) is 7.89. The van der Waals surface area contributed by atoms with Crippen LogP contribution in [-0.2, 0) is 14.8 Å². The number of esters is 1. The molecule has 0 saturated heterocycles. The average molecular weight is 349 g/mol. The van der Waals surface area contributed by atoms with Gasteiger partial charge < -0.3 is 10.1 Å². The van der Waals surface area contributed by atoms with Crippen LogP contribution in [0.5, 0.6) is 0 Å². The first kappa shape index (κ1) is 17.9. The standard InChI is InChI=1S/C16H19N3O4S/c1-12-13(16(20)23-2)6-5-7-14(12)24(21,22)19-11-10-18-15-8-3-4-9-17-15/h3-9,19H,10-11H2,1-2H3,(H,17,18). The number of nitrogens with one attached hydrogen (secondary N) is 2. The first-order chi connectivity index (χ1) is 11.5. The number of hydrogen-bond donors (Lipinski definition) is 2. The predicted octanol–water partition coefficient (Wildman–Crippen LogP) is 1.57. The van der Waals surface area contributed by atoms with Gasteiger partial charge in [0.1, 0.15) is 5.82 Å². The lowest BCUT2D eigenvalue weighted by atomic mass is 10.1. The number of methoxy groups -OCH3 is 1. The molecule has 7 nitrogen and oxygen atoms in total. The summed E-state index contributed by atoms with van der Waals surface area (Å²) in [6, 6.07) is 9.92. The third-order valence-corrected chi connectivity index (χ3v) is 4.97. The average Bonchev–Trinajstić information content (AvgIpc) is 2.59. The van der Waals surface area contributed by atoms with Gasteiger partial charge >= 0.3 is 5.97 Å². The second-order valence-corrected chi connectivity index (χ2v) is 6.70. The lowest BCUT2D eigenvalue weighted by molar-refractivity contribution is 0.0599. The zero-order valence-corrected chi connectivity index (χ0v) is 14.3. The summed E-state index contributed by atoms with van der Waals surface area (Å²) in [7, 11) is -2.47. The predicted molar refractivity (Wildman–Crippen MR) is 90.4 cm³/mol. The fraction of sp³-hybridized carbons (Fsp3) is 0.250. The molecule has 1 aromatic heterocycles. The van der Waals surface area contributed by atoms with E-state index in [0.717, 1.165) is 0 Å². The summed E-state index contributed by atoms with van der Waals surface area (Å²) in [6.07, 6.45) is 1.65. The number of carbonyl (C=O) groups is 1. The minimum Gasteiger partial charge on any atom is -0.465 e. The van der Waals surface area contributed by atoms with E-state index in [1.54, 1.807) is 25.3 Å². The van der Waals surface area contributed by atoms with Crippen molar-refractivity contribution in [2.45, 2.75) is 11.8 Å². The van der Waals surface area contributed by atoms with E-state index in [2.05, 4.69) is 19.8 Å². The van der Waals surface area contributed by atoms with Crippen molar-refractivity contribution in [1.82, 2.24) is 9.71 Å². The highest BCUT2D eigenvalue weighted by molar-refractivity contribution is 7.89. The van der Waals surface area contributed by atoms with Crippen molar-refractivity contribution in [2.24, 2.45) is 0 Å². The normalized spacial score (nSPS) is 11.1. The Morgan fingerprint density at radius 1 is 1.17 bits per heavy atom. The monoisotopic (exact) mass is 349 g/mol. The molecule has 0 aliphatic carbocycles. The van der Waals surface area contributed by atoms with Crippen LogP contribution in [0, 0.1) is 6.92 Å². The Kier molecular flexibility index (Phi) is 5.88. The van der Waals surface area contributed by atoms with Gasteiger partial charge in [0.2, 0.25) is 10.0 Å². The van der Waals surface area contributed by atoms with Gasteiger partial charge in [-0.15, -0.1) is 0 Å². The smallest absolute Gasteiger partial charge is 0.338 e. The molecule has 0 spiro atoms. The Morgan fingerprint density at radius 3 is 2.62 bits per heavy atom. The highest BCUT2D eigenvalue weighted by atomic mass is 32.2. The van der Waals surface area contributed by atoms with Crippen molar-refractivity contribution in [2.75, 3.05) is 25.5 Å². The molecule has 0 saturated carbocycles. The Labute approximate surface area is 141 Å². The Morgan fingerprint density at radius 2 is 1.96 bits per heavy atom. The molecule has 2 aromatic rings. The van der Waals surface area contributed by atoms with Crippen molar-refractivity contribution in [3.63, 3.8) is 0 Å². The van der Waals surface area contributed by atoms with Gasteiger partial charge in [-0.2, -0.15) is 0 Å². The van der Waals surface area contributed by atoms with E-state index in [1.165, 1.54) is 25.3 Å². The molecule has 2 N–H and O–H groups in total. The van der Waals surface area contributed by atoms with E-state index in [0.29, 0.717) is 17.9 Å². The lowest BCUT2D eigenvalue weighted by Gasteiger charge is -2.12. The van der Waals surface area contributed by atoms with E-state index in [1.807, 2.05) is 6.07 Å². The SMILES string of the molecule is COC(=O)c1cccc(S(=O)(=O)NCCNc2ccccn2)c1C. The molecule has 128 valence electrons. The molecule has 0 aliphatic heterocycles. The molecule has 0 unspecified atom stereocenters. The van der Waals surface area contributed by atoms with Gasteiger partial charge in [-0.1, -0.05) is 12.1 Å². The number of benzene rings is 1. The molecule has 8 heteroatoms. The number of aromatic nitrogens is 1. The van der Waals surface area contributed by atoms with E-state index >= 15 is 0 Å². The molecule has 1 heterocycles. The number of anilines is 1. The quantitative estimate of drug-likeness (QED) is 0.582. The topological polar surface area (TPSA) is 97.4 Å². The van der Waals surface area contributed by atoms with Crippen LogP contribution in [0.25, 0.3) is 0 Å². The first-order valence-corrected chi connectivity index (χ1v) is 8.76. The van der Waals surface area contributed by atoms with Crippen LogP contribution in [0.15, 0.2) is 47.5 Å². The maximum absolute atomic E-state index is 12.4. The van der Waals surface area contributed by atoms with Crippen LogP contribution in [-0.4, -0.2) is 39.6 Å². The van der Waals surface area contributed by atoms with Gasteiger partial charge in [-0.25, -0.2) is 22.9 Å². The van der Waals surface area contributed by atoms with Crippen molar-refractivity contribution >= 4 is 21.8 Å². The second-order valence-electron chi connectivity index (χ2n) is 4.96. The molecule has 0 fully saturated rings. The fourth-order valence-corrected chi connectivity index (χ4v) is 3.45. The molecule has 0 aliphatic rings. The molecular weight excluding hydrogens is 330 g/mol. The summed E-state index contributed by atoms with van der Waals surface area (Å²) in [5, 5.41) is 3.01. The van der Waals surface area contributed by atoms with E-state index in [4.69, 9.17) is 0 Å². The Balaban J connectivity index is 2.04. The van der Waals surface area contributed by atoms with E-state index in [-0.39, 0.29) is 17.0 Å². The molecule has 1 aromatic carbocycles. The summed E-state index contributed by atoms with van der Waals surface area (Å²) < 4.78 is 32.0. The molecule has 0 atom stereocenters. The number of nitrogens with zero attached hydrogens (tertiary/aromatic N) is 1. The molecule has 0 radical (unpaired) electrons. The number of hydrogen-bond acceptors (Lipinski definition) is 6. The van der Waals surface area contributed by atoms with Crippen LogP contribution in [0.2, 0.25) is 0 Å². The summed E-state index contributed by atoms with van der Waals surface area (Å²) in [4.78, 5) is 15.8. The third kappa shape index (κ3) is 4.30. The number of carbonyl (C=O) groups excluding carboxylic acids is 1. The minimum atomic E-state index is -3.73. The maximum atomic E-state index is 12.4. The molecule has 24 heavy (non-hydrogen) atoms. The Bertz CT molecular complexity index is 807. The van der Waals surface area contributed by atoms with Crippen LogP contribution in [0.4, 0.5) is 5.82 Å². The van der Waals surface area contributed by atoms with Crippen molar-refractivity contribution in [3.8, 4) is 0 Å². The van der Waals surface area contributed by atoms with Crippen molar-refractivity contribution in [3.05, 3.63) is 53.7 Å². The number of pyridine rings is 1. The zero-order chi connectivity index (χ0) is 17.6. The van der Waals surface area contributed by atoms with Gasteiger partial charge in [-0.05, 0) is 36.8 Å². The van der Waals surface area contributed by atoms with Crippen LogP contribution in [0.3, 0.4) is 0 Å². The summed E-state index contributed by atoms with van der Waals surface area (Å²) in [5.74, 6) is 0.0990. The van der Waals surface area contributed by atoms with E-state index in [9.17, 15) is 13.2 Å². The van der Waals surface area contributed by atoms with Gasteiger partial charge in [0, 0.05) is 19.3 Å². The van der Waals surface area contributed by atoms with Crippen molar-refractivity contribution < 1.29 is 17.9 Å². The highest BCUT2D eigenvalue weighted by Gasteiger charge is 2.20. The summed E-state index contributed by atoms with van der Waals surface area (Å²) >= 11 is 0. The maximum Gasteiger partial charge on any atom is 0.338 e. The van der Waals surface area contributed by atoms with Gasteiger partial charge in [0.15, 0.2) is 0 Å². The molecule has 2 rings (SSSR count). The number of sulfonamides is 1. The third-order valence-electron chi connectivity index (χ3n) is 3.37. The first-order valence-electron chi connectivity index (χ1n) is 7.28. The fourth-order valence-electron chi connectivity index (χ4n) is 2.16. The van der Waals surface area contributed by atoms with Crippen LogP contribution < -0.4 is 10.0 Å². The minimum absolute atomic E-state index is 0.0586. The highest BCUT2D eigenvalue weighted by Crippen LogP contribution is 2.19. The van der Waals surface area contributed by atoms with E-state index < -0.39 is 16.0 Å². The zero-order valence-electron chi connectivity index (χ0n) is 13.4.